The zero-order chi connectivity index (χ0) is 18.9. The molecule has 0 radical (unpaired) electrons. The smallest absolute Gasteiger partial charge is 0.200 e. The third-order valence-corrected chi connectivity index (χ3v) is 4.95. The highest BCUT2D eigenvalue weighted by Crippen LogP contribution is 2.29. The number of nitrogens with zero attached hydrogens (tertiary/aromatic N) is 4. The highest BCUT2D eigenvalue weighted by atomic mass is 16.5. The molecule has 1 aliphatic heterocycles. The first-order valence-electron chi connectivity index (χ1n) is 9.17. The van der Waals surface area contributed by atoms with Crippen molar-refractivity contribution in [1.29, 1.82) is 0 Å². The summed E-state index contributed by atoms with van der Waals surface area (Å²) >= 11 is 0. The molecular formula is C21H18N6O. The maximum atomic E-state index is 5.80. The van der Waals surface area contributed by atoms with Gasteiger partial charge in [0.1, 0.15) is 23.7 Å². The van der Waals surface area contributed by atoms with Gasteiger partial charge in [-0.15, -0.1) is 0 Å². The molecule has 0 unspecified atom stereocenters. The molecule has 138 valence electrons. The summed E-state index contributed by atoms with van der Waals surface area (Å²) < 4.78 is 5.80. The van der Waals surface area contributed by atoms with Crippen LogP contribution in [0.15, 0.2) is 48.8 Å². The number of rotatable bonds is 2. The first-order chi connectivity index (χ1) is 13.8. The molecule has 0 spiro atoms. The largest absolute Gasteiger partial charge is 0.407 e. The van der Waals surface area contributed by atoms with Crippen LogP contribution in [-0.4, -0.2) is 32.5 Å². The van der Waals surface area contributed by atoms with E-state index in [1.165, 1.54) is 6.33 Å². The lowest BCUT2D eigenvalue weighted by Gasteiger charge is -2.21. The summed E-state index contributed by atoms with van der Waals surface area (Å²) in [7, 11) is 0. The molecule has 4 aromatic rings. The van der Waals surface area contributed by atoms with Gasteiger partial charge in [-0.05, 0) is 30.2 Å². The molecule has 2 aromatic carbocycles. The number of anilines is 2. The Kier molecular flexibility index (Phi) is 3.95. The molecule has 3 N–H and O–H groups in total. The third-order valence-electron chi connectivity index (χ3n) is 4.95. The van der Waals surface area contributed by atoms with Gasteiger partial charge in [0.05, 0.1) is 6.04 Å². The molecule has 28 heavy (non-hydrogen) atoms. The highest BCUT2D eigenvalue weighted by molar-refractivity contribution is 5.88. The molecule has 0 bridgehead atoms. The number of benzene rings is 2. The average Bonchev–Trinajstić information content (AvgIpc) is 3.33. The number of fused-ring (bicyclic) bond motifs is 2. The van der Waals surface area contributed by atoms with E-state index in [9.17, 15) is 0 Å². The van der Waals surface area contributed by atoms with Gasteiger partial charge in [-0.1, -0.05) is 36.4 Å². The number of H-pyrrole nitrogens is 1. The van der Waals surface area contributed by atoms with Crippen LogP contribution in [-0.2, 0) is 0 Å². The van der Waals surface area contributed by atoms with Crippen molar-refractivity contribution in [2.24, 2.45) is 0 Å². The quantitative estimate of drug-likeness (QED) is 0.527. The lowest BCUT2D eigenvalue weighted by molar-refractivity contribution is 0.524. The van der Waals surface area contributed by atoms with E-state index in [0.717, 1.165) is 47.2 Å². The van der Waals surface area contributed by atoms with Crippen LogP contribution in [0.2, 0.25) is 0 Å². The highest BCUT2D eigenvalue weighted by Gasteiger charge is 2.27. The molecule has 7 nitrogen and oxygen atoms in total. The van der Waals surface area contributed by atoms with Gasteiger partial charge in [0.15, 0.2) is 17.4 Å². The molecule has 5 rings (SSSR count). The number of hydrogen-bond acceptors (Lipinski definition) is 6. The second-order valence-corrected chi connectivity index (χ2v) is 6.70. The maximum Gasteiger partial charge on any atom is 0.200 e. The average molecular weight is 370 g/mol. The van der Waals surface area contributed by atoms with Gasteiger partial charge in [0.2, 0.25) is 0 Å². The van der Waals surface area contributed by atoms with Gasteiger partial charge in [-0.25, -0.2) is 9.97 Å². The van der Waals surface area contributed by atoms with Crippen LogP contribution in [0, 0.1) is 12.0 Å². The Hall–Kier alpha value is -3.79. The van der Waals surface area contributed by atoms with Crippen molar-refractivity contribution in [2.45, 2.75) is 18.9 Å². The molecule has 3 heterocycles. The fraction of sp³-hybridized carbons (Fsp3) is 0.190. The topological polar surface area (TPSA) is 92.9 Å². The molecule has 0 amide bonds. The standard InChI is InChI=1S/C21H18N6O/c22-21-25-18-19(26-21)23-13-24-20(18)27-11-4-7-15(27)10-12-28-17-9-3-6-14-5-1-2-8-16(14)17/h1-3,5-6,8-9,13,15H,4,7,11H2,(H3,22,23,24,25,26)/t15-/m1/s1. The normalized spacial score (nSPS) is 16.3. The minimum Gasteiger partial charge on any atom is -0.407 e. The minimum absolute atomic E-state index is 0.0117. The Morgan fingerprint density at radius 2 is 2.04 bits per heavy atom. The summed E-state index contributed by atoms with van der Waals surface area (Å²) in [5, 5.41) is 2.18. The van der Waals surface area contributed by atoms with Gasteiger partial charge in [0, 0.05) is 11.9 Å². The van der Waals surface area contributed by atoms with E-state index in [-0.39, 0.29) is 6.04 Å². The second-order valence-electron chi connectivity index (χ2n) is 6.70. The monoisotopic (exact) mass is 370 g/mol. The SMILES string of the molecule is Nc1nc2ncnc(N3CCC[C@@H]3C#COc3cccc4ccccc34)c2[nH]1. The molecule has 1 fully saturated rings. The number of nitrogen functional groups attached to an aromatic ring is 1. The molecular weight excluding hydrogens is 352 g/mol. The van der Waals surface area contributed by atoms with E-state index in [2.05, 4.69) is 49.0 Å². The fourth-order valence-corrected chi connectivity index (χ4v) is 3.66. The van der Waals surface area contributed by atoms with Gasteiger partial charge in [0.25, 0.3) is 0 Å². The number of imidazole rings is 1. The van der Waals surface area contributed by atoms with Crippen molar-refractivity contribution >= 4 is 33.7 Å². The zero-order valence-electron chi connectivity index (χ0n) is 15.1. The van der Waals surface area contributed by atoms with Crippen LogP contribution in [0.4, 0.5) is 11.8 Å². The molecule has 2 aromatic heterocycles. The summed E-state index contributed by atoms with van der Waals surface area (Å²) in [6.07, 6.45) is 6.39. The summed E-state index contributed by atoms with van der Waals surface area (Å²) in [5.74, 6) is 5.11. The molecule has 0 aliphatic carbocycles. The molecule has 1 atom stereocenters. The predicted molar refractivity (Wildman–Crippen MR) is 109 cm³/mol. The Bertz CT molecular complexity index is 1220. The van der Waals surface area contributed by atoms with Crippen molar-refractivity contribution in [1.82, 2.24) is 19.9 Å². The van der Waals surface area contributed by atoms with Crippen LogP contribution in [0.25, 0.3) is 21.9 Å². The third kappa shape index (κ3) is 2.85. The molecule has 1 aliphatic rings. The lowest BCUT2D eigenvalue weighted by Crippen LogP contribution is -2.29. The van der Waals surface area contributed by atoms with Crippen LogP contribution in [0.1, 0.15) is 12.8 Å². The van der Waals surface area contributed by atoms with Gasteiger partial charge < -0.3 is 20.4 Å². The first kappa shape index (κ1) is 16.4. The van der Waals surface area contributed by atoms with Crippen molar-refractivity contribution in [3.63, 3.8) is 0 Å². The maximum absolute atomic E-state index is 5.80. The zero-order valence-corrected chi connectivity index (χ0v) is 15.1. The number of nitrogens with one attached hydrogen (secondary N) is 1. The minimum atomic E-state index is 0.0117. The van der Waals surface area contributed by atoms with E-state index in [1.807, 2.05) is 30.3 Å². The van der Waals surface area contributed by atoms with E-state index in [0.29, 0.717) is 11.6 Å². The van der Waals surface area contributed by atoms with Crippen molar-refractivity contribution in [3.8, 4) is 17.8 Å². The van der Waals surface area contributed by atoms with Crippen LogP contribution >= 0.6 is 0 Å². The number of hydrogen-bond donors (Lipinski definition) is 2. The van der Waals surface area contributed by atoms with Gasteiger partial charge >= 0.3 is 0 Å². The van der Waals surface area contributed by atoms with Gasteiger partial charge in [-0.2, -0.15) is 4.98 Å². The number of aromatic nitrogens is 4. The summed E-state index contributed by atoms with van der Waals surface area (Å²) in [6, 6.07) is 14.1. The Morgan fingerprint density at radius 3 is 3.00 bits per heavy atom. The molecule has 7 heteroatoms. The number of aromatic amines is 1. The summed E-state index contributed by atoms with van der Waals surface area (Å²) in [5.41, 5.74) is 7.08. The van der Waals surface area contributed by atoms with Crippen LogP contribution < -0.4 is 15.4 Å². The Labute approximate surface area is 161 Å². The van der Waals surface area contributed by atoms with Gasteiger partial charge in [-0.3, -0.25) is 0 Å². The van der Waals surface area contributed by atoms with Crippen molar-refractivity contribution in [3.05, 3.63) is 48.8 Å². The molecule has 0 saturated carbocycles. The van der Waals surface area contributed by atoms with Crippen molar-refractivity contribution in [2.75, 3.05) is 17.2 Å². The Morgan fingerprint density at radius 1 is 1.14 bits per heavy atom. The lowest BCUT2D eigenvalue weighted by atomic mass is 10.1. The first-order valence-corrected chi connectivity index (χ1v) is 9.17. The van der Waals surface area contributed by atoms with E-state index < -0.39 is 0 Å². The summed E-state index contributed by atoms with van der Waals surface area (Å²) in [6.45, 7) is 0.860. The van der Waals surface area contributed by atoms with E-state index in [1.54, 1.807) is 0 Å². The van der Waals surface area contributed by atoms with E-state index in [4.69, 9.17) is 10.5 Å². The van der Waals surface area contributed by atoms with Crippen molar-refractivity contribution < 1.29 is 4.74 Å². The molecule has 1 saturated heterocycles. The van der Waals surface area contributed by atoms with E-state index >= 15 is 0 Å². The predicted octanol–water partition coefficient (Wildman–Crippen LogP) is 3.10. The Balaban J connectivity index is 1.42. The number of nitrogens with two attached hydrogens (primary N) is 1. The number of ether oxygens (including phenoxy) is 1. The second kappa shape index (κ2) is 6.74. The van der Waals surface area contributed by atoms with Crippen LogP contribution in [0.5, 0.6) is 5.75 Å². The van der Waals surface area contributed by atoms with Crippen LogP contribution in [0.3, 0.4) is 0 Å². The fourth-order valence-electron chi connectivity index (χ4n) is 3.66. The summed E-state index contributed by atoms with van der Waals surface area (Å²) in [4.78, 5) is 18.0.